The number of nitrogens with two attached hydrogens (primary N) is 2. The molecule has 5 nitrogen and oxygen atoms in total. The van der Waals surface area contributed by atoms with E-state index in [1.165, 1.54) is 16.9 Å². The highest BCUT2D eigenvalue weighted by molar-refractivity contribution is 7.17. The fourth-order valence-electron chi connectivity index (χ4n) is 1.96. The van der Waals surface area contributed by atoms with Crippen LogP contribution in [0.25, 0.3) is 21.3 Å². The van der Waals surface area contributed by atoms with Crippen molar-refractivity contribution in [2.45, 2.75) is 6.92 Å². The van der Waals surface area contributed by atoms with Gasteiger partial charge in [-0.25, -0.2) is 4.98 Å². The van der Waals surface area contributed by atoms with Gasteiger partial charge in [-0.1, -0.05) is 29.8 Å². The van der Waals surface area contributed by atoms with Crippen LogP contribution in [0.2, 0.25) is 0 Å². The van der Waals surface area contributed by atoms with E-state index in [2.05, 4.69) is 4.98 Å². The summed E-state index contributed by atoms with van der Waals surface area (Å²) in [4.78, 5) is 16.9. The van der Waals surface area contributed by atoms with Crippen LogP contribution in [0.4, 0.5) is 5.95 Å². The number of hydrogen-bond acceptors (Lipinski definition) is 5. The Hall–Kier alpha value is -2.34. The largest absolute Gasteiger partial charge is 0.368 e. The quantitative estimate of drug-likeness (QED) is 0.660. The minimum Gasteiger partial charge on any atom is -0.368 e. The van der Waals surface area contributed by atoms with Crippen LogP contribution in [0.3, 0.4) is 0 Å². The molecule has 2 aromatic heterocycles. The lowest BCUT2D eigenvalue weighted by atomic mass is 10.1. The third kappa shape index (κ3) is 1.77. The van der Waals surface area contributed by atoms with Crippen molar-refractivity contribution < 1.29 is 0 Å². The number of hydrogen-bond donors (Lipinski definition) is 2. The lowest BCUT2D eigenvalue weighted by Crippen LogP contribution is -2.30. The average Bonchev–Trinajstić information content (AvgIpc) is 2.81. The van der Waals surface area contributed by atoms with E-state index in [4.69, 9.17) is 11.6 Å². The zero-order valence-electron chi connectivity index (χ0n) is 10.3. The molecule has 1 aromatic carbocycles. The monoisotopic (exact) mass is 272 g/mol. The molecule has 3 rings (SSSR count). The first-order valence-corrected chi connectivity index (χ1v) is 6.57. The molecule has 0 saturated carbocycles. The van der Waals surface area contributed by atoms with Crippen molar-refractivity contribution in [1.29, 1.82) is 0 Å². The Balaban J connectivity index is 2.34. The first-order chi connectivity index (χ1) is 9.08. The predicted molar refractivity (Wildman–Crippen MR) is 78.6 cm³/mol. The van der Waals surface area contributed by atoms with Gasteiger partial charge in [0.25, 0.3) is 5.56 Å². The number of anilines is 1. The molecule has 19 heavy (non-hydrogen) atoms. The van der Waals surface area contributed by atoms with Crippen LogP contribution in [-0.4, -0.2) is 9.66 Å². The fraction of sp³-hybridized carbons (Fsp3) is 0.0769. The summed E-state index contributed by atoms with van der Waals surface area (Å²) >= 11 is 1.39. The van der Waals surface area contributed by atoms with Crippen LogP contribution in [0.5, 0.6) is 0 Å². The summed E-state index contributed by atoms with van der Waals surface area (Å²) in [5.41, 5.74) is 8.25. The number of aromatic nitrogens is 2. The Morgan fingerprint density at radius 3 is 2.63 bits per heavy atom. The third-order valence-corrected chi connectivity index (χ3v) is 3.90. The molecular weight excluding hydrogens is 260 g/mol. The highest BCUT2D eigenvalue weighted by atomic mass is 32.1. The van der Waals surface area contributed by atoms with E-state index in [1.807, 2.05) is 36.6 Å². The van der Waals surface area contributed by atoms with E-state index in [0.29, 0.717) is 10.2 Å². The Kier molecular flexibility index (Phi) is 2.53. The molecule has 96 valence electrons. The molecule has 0 aliphatic heterocycles. The van der Waals surface area contributed by atoms with Crippen LogP contribution in [0, 0.1) is 6.92 Å². The Bertz CT molecular complexity index is 817. The normalized spacial score (nSPS) is 11.0. The second-order valence-corrected chi connectivity index (χ2v) is 5.20. The topological polar surface area (TPSA) is 86.9 Å². The number of nitrogens with zero attached hydrogens (tertiary/aromatic N) is 2. The minimum absolute atomic E-state index is 0.0230. The van der Waals surface area contributed by atoms with E-state index in [1.54, 1.807) is 0 Å². The fourth-order valence-corrected chi connectivity index (χ4v) is 2.91. The molecule has 0 unspecified atom stereocenters. The number of thiophene rings is 1. The Labute approximate surface area is 113 Å². The van der Waals surface area contributed by atoms with Gasteiger partial charge in [-0.3, -0.25) is 4.79 Å². The van der Waals surface area contributed by atoms with Gasteiger partial charge in [-0.2, -0.15) is 4.68 Å². The number of fused-ring (bicyclic) bond motifs is 1. The van der Waals surface area contributed by atoms with Crippen molar-refractivity contribution in [1.82, 2.24) is 9.66 Å². The lowest BCUT2D eigenvalue weighted by Gasteiger charge is -2.03. The summed E-state index contributed by atoms with van der Waals surface area (Å²) in [7, 11) is 0. The maximum absolute atomic E-state index is 12.2. The second kappa shape index (κ2) is 4.10. The van der Waals surface area contributed by atoms with Crippen molar-refractivity contribution in [3.05, 3.63) is 45.6 Å². The number of nitrogen functional groups attached to an aromatic ring is 2. The standard InChI is InChI=1S/C13H12N4OS/c1-7-2-4-8(5-3-7)9-6-19-11-10(9)12(18)17(15)13(14)16-11/h2-6H,15H2,1H3,(H2,14,16). The number of benzene rings is 1. The summed E-state index contributed by atoms with van der Waals surface area (Å²) in [6, 6.07) is 7.97. The molecule has 0 bridgehead atoms. The van der Waals surface area contributed by atoms with E-state index < -0.39 is 0 Å². The van der Waals surface area contributed by atoms with Crippen LogP contribution in [0.15, 0.2) is 34.4 Å². The van der Waals surface area contributed by atoms with Gasteiger partial charge in [-0.05, 0) is 12.5 Å². The Morgan fingerprint density at radius 2 is 1.95 bits per heavy atom. The molecule has 0 fully saturated rings. The molecule has 2 heterocycles. The first-order valence-electron chi connectivity index (χ1n) is 5.70. The molecule has 0 radical (unpaired) electrons. The summed E-state index contributed by atoms with van der Waals surface area (Å²) in [5.74, 6) is 5.62. The van der Waals surface area contributed by atoms with Crippen molar-refractivity contribution in [2.75, 3.05) is 11.6 Å². The van der Waals surface area contributed by atoms with Crippen molar-refractivity contribution in [2.24, 2.45) is 0 Å². The number of aryl methyl sites for hydroxylation is 1. The molecule has 0 amide bonds. The number of rotatable bonds is 1. The zero-order chi connectivity index (χ0) is 13.6. The van der Waals surface area contributed by atoms with Crippen LogP contribution in [-0.2, 0) is 0 Å². The van der Waals surface area contributed by atoms with Gasteiger partial charge in [-0.15, -0.1) is 11.3 Å². The van der Waals surface area contributed by atoms with Crippen LogP contribution >= 0.6 is 11.3 Å². The SMILES string of the molecule is Cc1ccc(-c2csc3nc(N)n(N)c(=O)c23)cc1. The van der Waals surface area contributed by atoms with Gasteiger partial charge in [0.05, 0.1) is 5.39 Å². The molecule has 3 aromatic rings. The molecule has 0 atom stereocenters. The van der Waals surface area contributed by atoms with Gasteiger partial charge >= 0.3 is 0 Å². The van der Waals surface area contributed by atoms with E-state index >= 15 is 0 Å². The summed E-state index contributed by atoms with van der Waals surface area (Å²) in [5, 5.41) is 2.42. The first kappa shape index (κ1) is 11.7. The van der Waals surface area contributed by atoms with Gasteiger partial charge in [0.15, 0.2) is 0 Å². The van der Waals surface area contributed by atoms with Crippen molar-refractivity contribution in [3.8, 4) is 11.1 Å². The molecule has 0 saturated heterocycles. The molecule has 0 spiro atoms. The van der Waals surface area contributed by atoms with Gasteiger partial charge in [0.1, 0.15) is 4.83 Å². The molecular formula is C13H12N4OS. The van der Waals surface area contributed by atoms with E-state index in [9.17, 15) is 4.79 Å². The molecule has 0 aliphatic rings. The van der Waals surface area contributed by atoms with Crippen molar-refractivity contribution >= 4 is 27.5 Å². The molecule has 6 heteroatoms. The van der Waals surface area contributed by atoms with E-state index in [0.717, 1.165) is 15.8 Å². The van der Waals surface area contributed by atoms with Gasteiger partial charge in [0, 0.05) is 10.9 Å². The van der Waals surface area contributed by atoms with E-state index in [-0.39, 0.29) is 11.5 Å². The maximum Gasteiger partial charge on any atom is 0.282 e. The third-order valence-electron chi connectivity index (χ3n) is 3.03. The highest BCUT2D eigenvalue weighted by Crippen LogP contribution is 2.31. The Morgan fingerprint density at radius 1 is 1.26 bits per heavy atom. The smallest absolute Gasteiger partial charge is 0.282 e. The lowest BCUT2D eigenvalue weighted by molar-refractivity contribution is 0.936. The average molecular weight is 272 g/mol. The van der Waals surface area contributed by atoms with Gasteiger partial charge in [0.2, 0.25) is 5.95 Å². The summed E-state index contributed by atoms with van der Waals surface area (Å²) in [6.45, 7) is 2.02. The zero-order valence-corrected chi connectivity index (χ0v) is 11.1. The van der Waals surface area contributed by atoms with Crippen LogP contribution < -0.4 is 17.1 Å². The minimum atomic E-state index is -0.320. The van der Waals surface area contributed by atoms with Crippen LogP contribution in [0.1, 0.15) is 5.56 Å². The van der Waals surface area contributed by atoms with Gasteiger partial charge < -0.3 is 11.6 Å². The molecule has 4 N–H and O–H groups in total. The predicted octanol–water partition coefficient (Wildman–Crippen LogP) is 1.73. The summed E-state index contributed by atoms with van der Waals surface area (Å²) < 4.78 is 0.882. The second-order valence-electron chi connectivity index (χ2n) is 4.34. The highest BCUT2D eigenvalue weighted by Gasteiger charge is 2.14. The van der Waals surface area contributed by atoms with Crippen molar-refractivity contribution in [3.63, 3.8) is 0 Å². The molecule has 0 aliphatic carbocycles. The summed E-state index contributed by atoms with van der Waals surface area (Å²) in [6.07, 6.45) is 0. The maximum atomic E-state index is 12.2.